The number of aromatic carboxylic acids is 1. The summed E-state index contributed by atoms with van der Waals surface area (Å²) >= 11 is 0. The van der Waals surface area contributed by atoms with Gasteiger partial charge in [0.05, 0.1) is 23.5 Å². The summed E-state index contributed by atoms with van der Waals surface area (Å²) in [5, 5.41) is 30.2. The molecule has 0 aromatic heterocycles. The van der Waals surface area contributed by atoms with Gasteiger partial charge in [-0.05, 0) is 42.5 Å². The molecule has 3 fully saturated rings. The largest absolute Gasteiger partial charge is 0.494 e. The highest BCUT2D eigenvalue weighted by Crippen LogP contribution is 2.46. The van der Waals surface area contributed by atoms with Gasteiger partial charge in [-0.25, -0.2) is 4.79 Å². The summed E-state index contributed by atoms with van der Waals surface area (Å²) in [5.41, 5.74) is 1.06. The fourth-order valence-electron chi connectivity index (χ4n) is 5.17. The molecule has 1 aromatic rings. The molecule has 3 N–H and O–H groups in total. The highest BCUT2D eigenvalue weighted by atomic mass is 16.5. The molecule has 29 heavy (non-hydrogen) atoms. The fourth-order valence-corrected chi connectivity index (χ4v) is 5.17. The molecule has 4 rings (SSSR count). The number of hydrogen-bond donors (Lipinski definition) is 3. The lowest BCUT2D eigenvalue weighted by Gasteiger charge is -2.25. The minimum atomic E-state index is -0.945. The number of allylic oxidation sites excluding steroid dienone is 1. The molecule has 0 unspecified atom stereocenters. The molecule has 0 spiro atoms. The maximum atomic E-state index is 11.2. The van der Waals surface area contributed by atoms with Crippen LogP contribution in [-0.4, -0.2) is 39.6 Å². The second-order valence-corrected chi connectivity index (χ2v) is 8.72. The predicted octanol–water partition coefficient (Wildman–Crippen LogP) is 4.01. The summed E-state index contributed by atoms with van der Waals surface area (Å²) in [6.07, 6.45) is 12.0. The first-order valence-corrected chi connectivity index (χ1v) is 10.8. The highest BCUT2D eigenvalue weighted by Gasteiger charge is 2.47. The second-order valence-electron chi connectivity index (χ2n) is 8.72. The van der Waals surface area contributed by atoms with Gasteiger partial charge < -0.3 is 20.1 Å². The van der Waals surface area contributed by atoms with Crippen molar-refractivity contribution < 1.29 is 24.9 Å². The molecule has 1 heterocycles. The van der Waals surface area contributed by atoms with Crippen LogP contribution >= 0.6 is 0 Å². The van der Waals surface area contributed by atoms with Gasteiger partial charge in [-0.2, -0.15) is 0 Å². The summed E-state index contributed by atoms with van der Waals surface area (Å²) in [4.78, 5) is 11.2. The van der Waals surface area contributed by atoms with E-state index in [0.29, 0.717) is 18.8 Å². The SMILES string of the molecule is O=C(O)c1cccc(/C=C2/C[C@@H]3[C@@H](/C=C/[C@H](O)C4CCCCC4)[C@H](O)C[C@@H]3O2)c1. The number of hydrogen-bond acceptors (Lipinski definition) is 4. The van der Waals surface area contributed by atoms with Gasteiger partial charge in [-0.15, -0.1) is 0 Å². The minimum Gasteiger partial charge on any atom is -0.494 e. The topological polar surface area (TPSA) is 87.0 Å². The van der Waals surface area contributed by atoms with Crippen LogP contribution < -0.4 is 0 Å². The zero-order valence-electron chi connectivity index (χ0n) is 16.6. The van der Waals surface area contributed by atoms with Crippen LogP contribution in [0.2, 0.25) is 0 Å². The van der Waals surface area contributed by atoms with Crippen molar-refractivity contribution in [3.05, 3.63) is 53.3 Å². The Bertz CT molecular complexity index is 792. The minimum absolute atomic E-state index is 0.0190. The van der Waals surface area contributed by atoms with E-state index in [1.54, 1.807) is 18.2 Å². The van der Waals surface area contributed by atoms with Crippen molar-refractivity contribution in [3.63, 3.8) is 0 Å². The van der Waals surface area contributed by atoms with Gasteiger partial charge in [0, 0.05) is 24.7 Å². The molecular weight excluding hydrogens is 368 g/mol. The molecule has 156 valence electrons. The van der Waals surface area contributed by atoms with Crippen LogP contribution in [0, 0.1) is 17.8 Å². The molecular formula is C24H30O5. The van der Waals surface area contributed by atoms with Crippen molar-refractivity contribution in [2.24, 2.45) is 17.8 Å². The third-order valence-electron chi connectivity index (χ3n) is 6.75. The molecule has 0 radical (unpaired) electrons. The summed E-state index contributed by atoms with van der Waals surface area (Å²) in [6.45, 7) is 0. The fraction of sp³-hybridized carbons (Fsp3) is 0.542. The van der Waals surface area contributed by atoms with Crippen molar-refractivity contribution in [1.29, 1.82) is 0 Å². The molecule has 1 aliphatic heterocycles. The predicted molar refractivity (Wildman–Crippen MR) is 110 cm³/mol. The maximum Gasteiger partial charge on any atom is 0.335 e. The molecule has 5 nitrogen and oxygen atoms in total. The Labute approximate surface area is 171 Å². The van der Waals surface area contributed by atoms with Crippen molar-refractivity contribution >= 4 is 12.0 Å². The number of fused-ring (bicyclic) bond motifs is 1. The Hall–Kier alpha value is -2.11. The molecule has 3 aliphatic rings. The molecule has 5 heteroatoms. The van der Waals surface area contributed by atoms with Crippen LogP contribution in [0.5, 0.6) is 0 Å². The second kappa shape index (κ2) is 8.72. The molecule has 2 saturated carbocycles. The summed E-state index contributed by atoms with van der Waals surface area (Å²) in [6, 6.07) is 6.81. The van der Waals surface area contributed by atoms with E-state index in [4.69, 9.17) is 9.84 Å². The Morgan fingerprint density at radius 2 is 2.00 bits per heavy atom. The molecule has 0 amide bonds. The smallest absolute Gasteiger partial charge is 0.335 e. The van der Waals surface area contributed by atoms with Gasteiger partial charge in [-0.3, -0.25) is 0 Å². The van der Waals surface area contributed by atoms with Crippen molar-refractivity contribution in [2.75, 3.05) is 0 Å². The standard InChI is InChI=1S/C24H30O5/c25-21(16-6-2-1-3-7-16)10-9-19-20-13-18(29-23(20)14-22(19)26)12-15-5-4-8-17(11-15)24(27)28/h4-5,8-12,16,19-23,25-26H,1-3,6-7,13-14H2,(H,27,28)/b10-9+,18-12-/t19-,20-,21+,22-,23+/m1/s1. The molecule has 0 bridgehead atoms. The van der Waals surface area contributed by atoms with Crippen molar-refractivity contribution in [1.82, 2.24) is 0 Å². The maximum absolute atomic E-state index is 11.2. The third-order valence-corrected chi connectivity index (χ3v) is 6.75. The lowest BCUT2D eigenvalue weighted by atomic mass is 9.84. The first-order chi connectivity index (χ1) is 14.0. The highest BCUT2D eigenvalue weighted by molar-refractivity contribution is 5.88. The van der Waals surface area contributed by atoms with Gasteiger partial charge in [-0.1, -0.05) is 43.5 Å². The Kier molecular flexibility index (Phi) is 6.07. The number of carbonyl (C=O) groups is 1. The van der Waals surface area contributed by atoms with Gasteiger partial charge in [0.2, 0.25) is 0 Å². The van der Waals surface area contributed by atoms with Crippen LogP contribution in [0.15, 0.2) is 42.2 Å². The van der Waals surface area contributed by atoms with Gasteiger partial charge >= 0.3 is 5.97 Å². The van der Waals surface area contributed by atoms with E-state index in [1.165, 1.54) is 19.3 Å². The van der Waals surface area contributed by atoms with Crippen molar-refractivity contribution in [2.45, 2.75) is 63.3 Å². The summed E-state index contributed by atoms with van der Waals surface area (Å²) < 4.78 is 6.07. The van der Waals surface area contributed by atoms with E-state index >= 15 is 0 Å². The normalized spacial score (nSPS) is 32.4. The lowest BCUT2D eigenvalue weighted by Crippen LogP contribution is -2.22. The Balaban J connectivity index is 1.43. The molecule has 1 saturated heterocycles. The quantitative estimate of drug-likeness (QED) is 0.653. The number of ether oxygens (including phenoxy) is 1. The Morgan fingerprint density at radius 3 is 2.76 bits per heavy atom. The average Bonchev–Trinajstić information content (AvgIpc) is 3.23. The van der Waals surface area contributed by atoms with Crippen LogP contribution in [0.25, 0.3) is 6.08 Å². The van der Waals surface area contributed by atoms with E-state index in [2.05, 4.69) is 0 Å². The zero-order chi connectivity index (χ0) is 20.4. The molecule has 1 aromatic carbocycles. The van der Waals surface area contributed by atoms with E-state index in [-0.39, 0.29) is 23.5 Å². The number of carboxylic acids is 1. The number of aliphatic hydroxyl groups is 2. The van der Waals surface area contributed by atoms with Crippen LogP contribution in [0.4, 0.5) is 0 Å². The molecule has 2 aliphatic carbocycles. The van der Waals surface area contributed by atoms with Crippen LogP contribution in [-0.2, 0) is 4.74 Å². The summed E-state index contributed by atoms with van der Waals surface area (Å²) in [5.74, 6) is 0.398. The summed E-state index contributed by atoms with van der Waals surface area (Å²) in [7, 11) is 0. The van der Waals surface area contributed by atoms with Crippen LogP contribution in [0.3, 0.4) is 0 Å². The van der Waals surface area contributed by atoms with E-state index < -0.39 is 18.2 Å². The number of aliphatic hydroxyl groups excluding tert-OH is 2. The van der Waals surface area contributed by atoms with E-state index in [0.717, 1.165) is 24.2 Å². The van der Waals surface area contributed by atoms with E-state index in [9.17, 15) is 15.0 Å². The van der Waals surface area contributed by atoms with Gasteiger partial charge in [0.1, 0.15) is 6.10 Å². The van der Waals surface area contributed by atoms with Gasteiger partial charge in [0.25, 0.3) is 0 Å². The first kappa shape index (κ1) is 20.2. The monoisotopic (exact) mass is 398 g/mol. The van der Waals surface area contributed by atoms with Crippen molar-refractivity contribution in [3.8, 4) is 0 Å². The zero-order valence-corrected chi connectivity index (χ0v) is 16.6. The first-order valence-electron chi connectivity index (χ1n) is 10.8. The van der Waals surface area contributed by atoms with Crippen LogP contribution in [0.1, 0.15) is 60.9 Å². The van der Waals surface area contributed by atoms with Gasteiger partial charge in [0.15, 0.2) is 0 Å². The number of carboxylic acid groups (broad SMARTS) is 1. The third kappa shape index (κ3) is 4.57. The number of benzene rings is 1. The van der Waals surface area contributed by atoms with E-state index in [1.807, 2.05) is 24.3 Å². The molecule has 5 atom stereocenters. The number of rotatable bonds is 5. The Morgan fingerprint density at radius 1 is 1.21 bits per heavy atom. The average molecular weight is 398 g/mol. The lowest BCUT2D eigenvalue weighted by molar-refractivity contribution is 0.0696.